The van der Waals surface area contributed by atoms with Crippen molar-refractivity contribution in [3.05, 3.63) is 17.0 Å². The molecule has 9 heteroatoms. The maximum Gasteiger partial charge on any atom is 0.257 e. The lowest BCUT2D eigenvalue weighted by Crippen LogP contribution is -2.41. The van der Waals surface area contributed by atoms with Crippen LogP contribution in [-0.4, -0.2) is 62.1 Å². The predicted molar refractivity (Wildman–Crippen MR) is 96.8 cm³/mol. The maximum atomic E-state index is 12.6. The zero-order valence-electron chi connectivity index (χ0n) is 14.8. The van der Waals surface area contributed by atoms with Crippen LogP contribution in [0.25, 0.3) is 0 Å². The van der Waals surface area contributed by atoms with E-state index in [1.807, 2.05) is 0 Å². The SMILES string of the molecule is Cc1noc(C)c1C(=O)N[C@H]1CN(CCS(C)(=O)=O)C[C@@H]1C1CC1.Cl. The van der Waals surface area contributed by atoms with Gasteiger partial charge in [-0.2, -0.15) is 0 Å². The fraction of sp³-hybridized carbons (Fsp3) is 0.750. The van der Waals surface area contributed by atoms with Crippen molar-refractivity contribution in [1.29, 1.82) is 0 Å². The molecule has 0 spiro atoms. The average Bonchev–Trinajstić information content (AvgIpc) is 3.16. The van der Waals surface area contributed by atoms with Crippen molar-refractivity contribution in [3.63, 3.8) is 0 Å². The Morgan fingerprint density at radius 2 is 2.00 bits per heavy atom. The first-order valence-electron chi connectivity index (χ1n) is 8.38. The van der Waals surface area contributed by atoms with Gasteiger partial charge in [0.1, 0.15) is 21.2 Å². The molecule has 2 aliphatic rings. The van der Waals surface area contributed by atoms with E-state index in [9.17, 15) is 13.2 Å². The summed E-state index contributed by atoms with van der Waals surface area (Å²) in [4.78, 5) is 14.7. The fourth-order valence-corrected chi connectivity index (χ4v) is 4.18. The second-order valence-electron chi connectivity index (χ2n) is 7.17. The highest BCUT2D eigenvalue weighted by Crippen LogP contribution is 2.41. The Balaban J connectivity index is 0.00000225. The number of hydrogen-bond acceptors (Lipinski definition) is 6. The molecule has 2 heterocycles. The molecule has 142 valence electrons. The van der Waals surface area contributed by atoms with Crippen LogP contribution in [-0.2, 0) is 9.84 Å². The van der Waals surface area contributed by atoms with E-state index in [0.29, 0.717) is 41.9 Å². The number of aromatic nitrogens is 1. The van der Waals surface area contributed by atoms with Gasteiger partial charge >= 0.3 is 0 Å². The molecule has 1 aromatic heterocycles. The number of likely N-dealkylation sites (tertiary alicyclic amines) is 1. The van der Waals surface area contributed by atoms with E-state index in [-0.39, 0.29) is 30.1 Å². The second kappa shape index (κ2) is 7.63. The summed E-state index contributed by atoms with van der Waals surface area (Å²) in [6.07, 6.45) is 3.66. The molecule has 0 radical (unpaired) electrons. The first-order chi connectivity index (χ1) is 11.2. The van der Waals surface area contributed by atoms with Crippen molar-refractivity contribution in [3.8, 4) is 0 Å². The molecule has 1 saturated carbocycles. The molecule has 2 fully saturated rings. The summed E-state index contributed by atoms with van der Waals surface area (Å²) in [6.45, 7) is 5.58. The van der Waals surface area contributed by atoms with Gasteiger partial charge in [-0.05, 0) is 38.5 Å². The molecule has 0 aromatic carbocycles. The smallest absolute Gasteiger partial charge is 0.257 e. The van der Waals surface area contributed by atoms with Gasteiger partial charge in [-0.3, -0.25) is 9.69 Å². The molecule has 0 bridgehead atoms. The van der Waals surface area contributed by atoms with Gasteiger partial charge in [0.15, 0.2) is 0 Å². The number of halogens is 1. The summed E-state index contributed by atoms with van der Waals surface area (Å²) in [5.41, 5.74) is 1.11. The molecule has 1 aromatic rings. The normalized spacial score (nSPS) is 24.1. The molecule has 25 heavy (non-hydrogen) atoms. The van der Waals surface area contributed by atoms with E-state index in [1.54, 1.807) is 13.8 Å². The minimum absolute atomic E-state index is 0. The van der Waals surface area contributed by atoms with E-state index in [1.165, 1.54) is 19.1 Å². The van der Waals surface area contributed by atoms with Gasteiger partial charge in [-0.15, -0.1) is 12.4 Å². The molecule has 2 atom stereocenters. The molecular formula is C16H26ClN3O4S. The molecule has 3 rings (SSSR count). The van der Waals surface area contributed by atoms with Gasteiger partial charge in [-0.25, -0.2) is 8.42 Å². The van der Waals surface area contributed by atoms with Gasteiger partial charge < -0.3 is 9.84 Å². The Labute approximate surface area is 154 Å². The maximum absolute atomic E-state index is 12.6. The van der Waals surface area contributed by atoms with Crippen LogP contribution in [0.2, 0.25) is 0 Å². The van der Waals surface area contributed by atoms with Crippen LogP contribution in [0.4, 0.5) is 0 Å². The first kappa shape index (κ1) is 20.2. The van der Waals surface area contributed by atoms with E-state index in [2.05, 4.69) is 15.4 Å². The van der Waals surface area contributed by atoms with E-state index >= 15 is 0 Å². The minimum atomic E-state index is -2.97. The summed E-state index contributed by atoms with van der Waals surface area (Å²) in [5.74, 6) is 1.58. The van der Waals surface area contributed by atoms with Crippen molar-refractivity contribution < 1.29 is 17.7 Å². The van der Waals surface area contributed by atoms with Gasteiger partial charge in [0.05, 0.1) is 11.4 Å². The number of amides is 1. The topological polar surface area (TPSA) is 92.5 Å². The van der Waals surface area contributed by atoms with Gasteiger partial charge in [0, 0.05) is 31.9 Å². The number of nitrogens with one attached hydrogen (secondary N) is 1. The van der Waals surface area contributed by atoms with Crippen LogP contribution < -0.4 is 5.32 Å². The molecule has 1 aliphatic heterocycles. The summed E-state index contributed by atoms with van der Waals surface area (Å²) in [5, 5.41) is 6.97. The number of carbonyl (C=O) groups is 1. The second-order valence-corrected chi connectivity index (χ2v) is 9.43. The highest BCUT2D eigenvalue weighted by Gasteiger charge is 2.43. The molecule has 1 N–H and O–H groups in total. The van der Waals surface area contributed by atoms with Crippen LogP contribution in [0.5, 0.6) is 0 Å². The average molecular weight is 392 g/mol. The molecular weight excluding hydrogens is 366 g/mol. The van der Waals surface area contributed by atoms with Gasteiger partial charge in [0.25, 0.3) is 5.91 Å². The van der Waals surface area contributed by atoms with E-state index < -0.39 is 9.84 Å². The number of sulfone groups is 1. The third-order valence-electron chi connectivity index (χ3n) is 5.02. The Kier molecular flexibility index (Phi) is 6.17. The lowest BCUT2D eigenvalue weighted by atomic mass is 9.97. The van der Waals surface area contributed by atoms with Crippen molar-refractivity contribution in [1.82, 2.24) is 15.4 Å². The highest BCUT2D eigenvalue weighted by atomic mass is 35.5. The van der Waals surface area contributed by atoms with Crippen molar-refractivity contribution in [2.24, 2.45) is 11.8 Å². The highest BCUT2D eigenvalue weighted by molar-refractivity contribution is 7.90. The summed E-state index contributed by atoms with van der Waals surface area (Å²) in [7, 11) is -2.97. The largest absolute Gasteiger partial charge is 0.361 e. The third-order valence-corrected chi connectivity index (χ3v) is 5.95. The Bertz CT molecular complexity index is 710. The van der Waals surface area contributed by atoms with Crippen LogP contribution in [0, 0.1) is 25.7 Å². The van der Waals surface area contributed by atoms with E-state index in [0.717, 1.165) is 6.54 Å². The standard InChI is InChI=1S/C16H25N3O4S.ClH/c1-10-15(11(2)23-18-10)16(20)17-14-9-19(6-7-24(3,21)22)8-13(14)12-4-5-12;/h12-14H,4-9H2,1-3H3,(H,17,20);1H/t13-,14+;/m1./s1. The van der Waals surface area contributed by atoms with Gasteiger partial charge in [-0.1, -0.05) is 5.16 Å². The van der Waals surface area contributed by atoms with Crippen LogP contribution in [0.15, 0.2) is 4.52 Å². The Morgan fingerprint density at radius 3 is 2.52 bits per heavy atom. The lowest BCUT2D eigenvalue weighted by Gasteiger charge is -2.19. The first-order valence-corrected chi connectivity index (χ1v) is 10.4. The molecule has 1 aliphatic carbocycles. The number of carbonyl (C=O) groups excluding carboxylic acids is 1. The Morgan fingerprint density at radius 1 is 1.32 bits per heavy atom. The number of aryl methyl sites for hydroxylation is 2. The van der Waals surface area contributed by atoms with Crippen molar-refractivity contribution in [2.45, 2.75) is 32.7 Å². The number of hydrogen-bond donors (Lipinski definition) is 1. The fourth-order valence-electron chi connectivity index (χ4n) is 3.59. The van der Waals surface area contributed by atoms with E-state index in [4.69, 9.17) is 4.52 Å². The monoisotopic (exact) mass is 391 g/mol. The lowest BCUT2D eigenvalue weighted by molar-refractivity contribution is 0.0926. The zero-order chi connectivity index (χ0) is 17.5. The van der Waals surface area contributed by atoms with Crippen molar-refractivity contribution >= 4 is 28.2 Å². The minimum Gasteiger partial charge on any atom is -0.361 e. The van der Waals surface area contributed by atoms with Crippen LogP contribution >= 0.6 is 12.4 Å². The van der Waals surface area contributed by atoms with Crippen LogP contribution in [0.3, 0.4) is 0 Å². The van der Waals surface area contributed by atoms with Crippen LogP contribution in [0.1, 0.15) is 34.7 Å². The predicted octanol–water partition coefficient (Wildman–Crippen LogP) is 1.20. The Hall–Kier alpha value is -1.12. The van der Waals surface area contributed by atoms with Crippen molar-refractivity contribution in [2.75, 3.05) is 31.6 Å². The molecule has 1 saturated heterocycles. The zero-order valence-corrected chi connectivity index (χ0v) is 16.5. The third kappa shape index (κ3) is 4.95. The number of nitrogens with zero attached hydrogens (tertiary/aromatic N) is 2. The molecule has 7 nitrogen and oxygen atoms in total. The summed E-state index contributed by atoms with van der Waals surface area (Å²) in [6, 6.07) is 0.0539. The quantitative estimate of drug-likeness (QED) is 0.783. The summed E-state index contributed by atoms with van der Waals surface area (Å²) < 4.78 is 27.9. The van der Waals surface area contributed by atoms with Gasteiger partial charge in [0.2, 0.25) is 0 Å². The summed E-state index contributed by atoms with van der Waals surface area (Å²) >= 11 is 0. The molecule has 1 amide bonds. The molecule has 0 unspecified atom stereocenters. The number of rotatable bonds is 6.